The van der Waals surface area contributed by atoms with E-state index in [2.05, 4.69) is 29.0 Å². The molecule has 0 aromatic carbocycles. The van der Waals surface area contributed by atoms with Crippen LogP contribution in [0.4, 0.5) is 10.5 Å². The number of nitrogens with one attached hydrogen (secondary N) is 1. The zero-order valence-corrected chi connectivity index (χ0v) is 13.9. The van der Waals surface area contributed by atoms with Gasteiger partial charge in [-0.1, -0.05) is 0 Å². The van der Waals surface area contributed by atoms with Crippen molar-refractivity contribution in [2.24, 2.45) is 0 Å². The maximum atomic E-state index is 12.2. The second-order valence-corrected chi connectivity index (χ2v) is 6.06. The number of morpholine rings is 1. The van der Waals surface area contributed by atoms with Crippen molar-refractivity contribution in [3.63, 3.8) is 0 Å². The van der Waals surface area contributed by atoms with Gasteiger partial charge in [0.2, 0.25) is 0 Å². The fourth-order valence-electron chi connectivity index (χ4n) is 2.68. The third-order valence-electron chi connectivity index (χ3n) is 3.86. The molecule has 0 spiro atoms. The van der Waals surface area contributed by atoms with E-state index in [1.54, 1.807) is 17.3 Å². The van der Waals surface area contributed by atoms with Crippen LogP contribution >= 0.6 is 0 Å². The number of hydrogen-bond donors (Lipinski definition) is 1. The predicted molar refractivity (Wildman–Crippen MR) is 87.1 cm³/mol. The molecule has 1 N–H and O–H groups in total. The number of carbonyl (C=O) groups excluding carboxylic acids is 1. The lowest BCUT2D eigenvalue weighted by atomic mass is 10.2. The predicted octanol–water partition coefficient (Wildman–Crippen LogP) is 1.96. The number of aryl methyl sites for hydroxylation is 1. The largest absolute Gasteiger partial charge is 0.373 e. The summed E-state index contributed by atoms with van der Waals surface area (Å²) in [6.07, 6.45) is 3.93. The molecule has 6 heteroatoms. The molecule has 2 atom stereocenters. The van der Waals surface area contributed by atoms with Crippen LogP contribution in [0.25, 0.3) is 0 Å². The van der Waals surface area contributed by atoms with Gasteiger partial charge in [0.25, 0.3) is 0 Å². The number of rotatable bonds is 4. The highest BCUT2D eigenvalue weighted by molar-refractivity contribution is 5.89. The highest BCUT2D eigenvalue weighted by Crippen LogP contribution is 2.13. The first-order valence-corrected chi connectivity index (χ1v) is 7.76. The van der Waals surface area contributed by atoms with E-state index in [-0.39, 0.29) is 18.2 Å². The second kappa shape index (κ2) is 7.56. The summed E-state index contributed by atoms with van der Waals surface area (Å²) in [5, 5.41) is 2.92. The van der Waals surface area contributed by atoms with Gasteiger partial charge in [-0.25, -0.2) is 4.79 Å². The van der Waals surface area contributed by atoms with Crippen LogP contribution in [0.2, 0.25) is 0 Å². The Morgan fingerprint density at radius 3 is 2.77 bits per heavy atom. The molecule has 1 aliphatic heterocycles. The number of likely N-dealkylation sites (N-methyl/N-ethyl adjacent to an activating group) is 1. The Morgan fingerprint density at radius 2 is 2.14 bits per heavy atom. The van der Waals surface area contributed by atoms with Gasteiger partial charge < -0.3 is 15.0 Å². The number of nitrogens with zero attached hydrogens (tertiary/aromatic N) is 3. The standard InChI is InChI=1S/C16H26N4O2/c1-12-9-17-6-5-15(12)18-16(21)19(4)7-8-20-10-13(2)22-14(3)11-20/h5-6,9,13-14H,7-8,10-11H2,1-4H3,(H,17,18,21)/t13-,14+. The zero-order chi connectivity index (χ0) is 16.1. The molecule has 122 valence electrons. The Kier molecular flexibility index (Phi) is 5.74. The van der Waals surface area contributed by atoms with Crippen molar-refractivity contribution in [1.29, 1.82) is 0 Å². The molecular weight excluding hydrogens is 280 g/mol. The minimum Gasteiger partial charge on any atom is -0.373 e. The van der Waals surface area contributed by atoms with Crippen LogP contribution in [0.1, 0.15) is 19.4 Å². The molecule has 0 aliphatic carbocycles. The topological polar surface area (TPSA) is 57.7 Å². The minimum atomic E-state index is -0.0938. The van der Waals surface area contributed by atoms with Gasteiger partial charge in [0, 0.05) is 51.3 Å². The number of carbonyl (C=O) groups is 1. The highest BCUT2D eigenvalue weighted by Gasteiger charge is 2.22. The number of pyridine rings is 1. The average molecular weight is 306 g/mol. The summed E-state index contributed by atoms with van der Waals surface area (Å²) in [7, 11) is 1.82. The van der Waals surface area contributed by atoms with Gasteiger partial charge in [0.15, 0.2) is 0 Å². The molecule has 0 unspecified atom stereocenters. The molecule has 1 aromatic heterocycles. The number of hydrogen-bond acceptors (Lipinski definition) is 4. The van der Waals surface area contributed by atoms with Crippen LogP contribution in [-0.2, 0) is 4.74 Å². The minimum absolute atomic E-state index is 0.0938. The summed E-state index contributed by atoms with van der Waals surface area (Å²) < 4.78 is 5.72. The summed E-state index contributed by atoms with van der Waals surface area (Å²) in [4.78, 5) is 20.3. The van der Waals surface area contributed by atoms with E-state index in [9.17, 15) is 4.79 Å². The van der Waals surface area contributed by atoms with Crippen molar-refractivity contribution in [1.82, 2.24) is 14.8 Å². The molecule has 2 rings (SSSR count). The van der Waals surface area contributed by atoms with Gasteiger partial charge in [0.1, 0.15) is 0 Å². The Bertz CT molecular complexity index is 499. The summed E-state index contributed by atoms with van der Waals surface area (Å²) in [6, 6.07) is 1.72. The molecule has 22 heavy (non-hydrogen) atoms. The number of ether oxygens (including phenoxy) is 1. The molecule has 2 amide bonds. The fourth-order valence-corrected chi connectivity index (χ4v) is 2.68. The zero-order valence-electron chi connectivity index (χ0n) is 13.9. The highest BCUT2D eigenvalue weighted by atomic mass is 16.5. The van der Waals surface area contributed by atoms with Crippen LogP contribution in [0.15, 0.2) is 18.5 Å². The number of urea groups is 1. The van der Waals surface area contributed by atoms with Crippen molar-refractivity contribution in [3.8, 4) is 0 Å². The Hall–Kier alpha value is -1.66. The van der Waals surface area contributed by atoms with Crippen molar-refractivity contribution in [2.75, 3.05) is 38.5 Å². The van der Waals surface area contributed by atoms with Gasteiger partial charge in [0.05, 0.1) is 12.2 Å². The maximum absolute atomic E-state index is 12.2. The normalized spacial score (nSPS) is 22.4. The van der Waals surface area contributed by atoms with Crippen molar-refractivity contribution in [2.45, 2.75) is 33.0 Å². The Balaban J connectivity index is 1.80. The van der Waals surface area contributed by atoms with Gasteiger partial charge in [-0.15, -0.1) is 0 Å². The van der Waals surface area contributed by atoms with E-state index in [1.807, 2.05) is 20.0 Å². The first kappa shape index (κ1) is 16.7. The van der Waals surface area contributed by atoms with E-state index in [0.717, 1.165) is 30.9 Å². The summed E-state index contributed by atoms with van der Waals surface area (Å²) >= 11 is 0. The Labute approximate surface area is 132 Å². The lowest BCUT2D eigenvalue weighted by molar-refractivity contribution is -0.0684. The summed E-state index contributed by atoms with van der Waals surface area (Å²) in [6.45, 7) is 9.49. The van der Waals surface area contributed by atoms with Gasteiger partial charge >= 0.3 is 6.03 Å². The number of aromatic nitrogens is 1. The van der Waals surface area contributed by atoms with E-state index in [1.165, 1.54) is 0 Å². The SMILES string of the molecule is Cc1cnccc1NC(=O)N(C)CCN1C[C@@H](C)O[C@@H](C)C1. The second-order valence-electron chi connectivity index (χ2n) is 6.06. The molecule has 6 nitrogen and oxygen atoms in total. The molecule has 2 heterocycles. The van der Waals surface area contributed by atoms with Gasteiger partial charge in [-0.3, -0.25) is 9.88 Å². The molecular formula is C16H26N4O2. The van der Waals surface area contributed by atoms with Crippen LogP contribution in [-0.4, -0.2) is 66.2 Å². The molecule has 1 fully saturated rings. The van der Waals surface area contributed by atoms with Crippen LogP contribution in [0.5, 0.6) is 0 Å². The summed E-state index contributed by atoms with van der Waals surface area (Å²) in [5.41, 5.74) is 1.76. The molecule has 1 aliphatic rings. The third kappa shape index (κ3) is 4.68. The number of anilines is 1. The molecule has 0 bridgehead atoms. The number of amides is 2. The molecule has 1 saturated heterocycles. The van der Waals surface area contributed by atoms with E-state index in [0.29, 0.717) is 6.54 Å². The average Bonchev–Trinajstić information content (AvgIpc) is 2.46. The van der Waals surface area contributed by atoms with Crippen molar-refractivity contribution >= 4 is 11.7 Å². The van der Waals surface area contributed by atoms with E-state index >= 15 is 0 Å². The van der Waals surface area contributed by atoms with Crippen molar-refractivity contribution < 1.29 is 9.53 Å². The first-order chi connectivity index (χ1) is 10.5. The van der Waals surface area contributed by atoms with Crippen LogP contribution in [0.3, 0.4) is 0 Å². The quantitative estimate of drug-likeness (QED) is 0.924. The lowest BCUT2D eigenvalue weighted by Crippen LogP contribution is -2.48. The summed E-state index contributed by atoms with van der Waals surface area (Å²) in [5.74, 6) is 0. The maximum Gasteiger partial charge on any atom is 0.321 e. The fraction of sp³-hybridized carbons (Fsp3) is 0.625. The van der Waals surface area contributed by atoms with Gasteiger partial charge in [-0.2, -0.15) is 0 Å². The van der Waals surface area contributed by atoms with Crippen LogP contribution < -0.4 is 5.32 Å². The van der Waals surface area contributed by atoms with Gasteiger partial charge in [-0.05, 0) is 32.4 Å². The lowest BCUT2D eigenvalue weighted by Gasteiger charge is -2.36. The van der Waals surface area contributed by atoms with E-state index < -0.39 is 0 Å². The molecule has 0 saturated carbocycles. The first-order valence-electron chi connectivity index (χ1n) is 7.76. The third-order valence-corrected chi connectivity index (χ3v) is 3.86. The van der Waals surface area contributed by atoms with E-state index in [4.69, 9.17) is 4.74 Å². The molecule has 0 radical (unpaired) electrons. The van der Waals surface area contributed by atoms with Crippen molar-refractivity contribution in [3.05, 3.63) is 24.0 Å². The Morgan fingerprint density at radius 1 is 1.45 bits per heavy atom. The molecule has 1 aromatic rings. The smallest absolute Gasteiger partial charge is 0.321 e. The van der Waals surface area contributed by atoms with Crippen LogP contribution in [0, 0.1) is 6.92 Å². The monoisotopic (exact) mass is 306 g/mol.